The summed E-state index contributed by atoms with van der Waals surface area (Å²) in [5.74, 6) is 1.91. The fraction of sp³-hybridized carbons (Fsp3) is 0.600. The molecule has 6 nitrogen and oxygen atoms in total. The Labute approximate surface area is 185 Å². The SMILES string of the molecule is CCOCC1CCCN(CC2CCCCC2NC(=O)c2ccc(-c3cnco3)cc2)C1. The predicted octanol–water partition coefficient (Wildman–Crippen LogP) is 4.38. The standard InChI is InChI=1S/C25H35N3O3/c1-2-30-17-19-6-5-13-28(15-19)16-22-7-3-4-8-23(22)27-25(29)21-11-9-20(10-12-21)24-14-26-18-31-24/h9-12,14,18-19,22-23H,2-8,13,15-17H2,1H3,(H,27,29). The van der Waals surface area contributed by atoms with Crippen molar-refractivity contribution in [3.8, 4) is 11.3 Å². The van der Waals surface area contributed by atoms with Gasteiger partial charge in [0, 0.05) is 36.9 Å². The van der Waals surface area contributed by atoms with Crippen LogP contribution in [0.2, 0.25) is 0 Å². The summed E-state index contributed by atoms with van der Waals surface area (Å²) >= 11 is 0. The monoisotopic (exact) mass is 425 g/mol. The second-order valence-electron chi connectivity index (χ2n) is 8.99. The number of nitrogens with one attached hydrogen (secondary N) is 1. The van der Waals surface area contributed by atoms with E-state index in [4.69, 9.17) is 9.15 Å². The number of likely N-dealkylation sites (tertiary alicyclic amines) is 1. The van der Waals surface area contributed by atoms with Gasteiger partial charge in [-0.2, -0.15) is 0 Å². The minimum Gasteiger partial charge on any atom is -0.444 e. The Hall–Kier alpha value is -2.18. The number of ether oxygens (including phenoxy) is 1. The first kappa shape index (κ1) is 22.0. The molecule has 1 amide bonds. The van der Waals surface area contributed by atoms with E-state index in [0.717, 1.165) is 38.3 Å². The molecule has 1 aliphatic heterocycles. The van der Waals surface area contributed by atoms with Gasteiger partial charge in [0.1, 0.15) is 0 Å². The quantitative estimate of drug-likeness (QED) is 0.680. The third-order valence-electron chi connectivity index (χ3n) is 6.74. The molecule has 2 fully saturated rings. The van der Waals surface area contributed by atoms with Crippen LogP contribution in [0.3, 0.4) is 0 Å². The van der Waals surface area contributed by atoms with Gasteiger partial charge in [-0.15, -0.1) is 0 Å². The number of carbonyl (C=O) groups excluding carboxylic acids is 1. The van der Waals surface area contributed by atoms with E-state index in [2.05, 4.69) is 22.1 Å². The van der Waals surface area contributed by atoms with Crippen LogP contribution in [-0.2, 0) is 4.74 Å². The molecule has 2 aromatic rings. The van der Waals surface area contributed by atoms with Gasteiger partial charge in [-0.3, -0.25) is 4.79 Å². The van der Waals surface area contributed by atoms with Crippen LogP contribution >= 0.6 is 0 Å². The molecule has 6 heteroatoms. The van der Waals surface area contributed by atoms with Crippen molar-refractivity contribution in [2.75, 3.05) is 32.8 Å². The van der Waals surface area contributed by atoms with Crippen molar-refractivity contribution in [3.63, 3.8) is 0 Å². The van der Waals surface area contributed by atoms with Crippen LogP contribution in [0.15, 0.2) is 41.3 Å². The van der Waals surface area contributed by atoms with Gasteiger partial charge in [-0.1, -0.05) is 25.0 Å². The lowest BCUT2D eigenvalue weighted by molar-refractivity contribution is 0.0548. The lowest BCUT2D eigenvalue weighted by Gasteiger charge is -2.39. The number of rotatable bonds is 8. The summed E-state index contributed by atoms with van der Waals surface area (Å²) in [4.78, 5) is 19.5. The zero-order chi connectivity index (χ0) is 21.5. The van der Waals surface area contributed by atoms with Crippen molar-refractivity contribution in [1.82, 2.24) is 15.2 Å². The predicted molar refractivity (Wildman–Crippen MR) is 121 cm³/mol. The molecule has 1 aromatic carbocycles. The molecule has 1 N–H and O–H groups in total. The Morgan fingerprint density at radius 2 is 2.03 bits per heavy atom. The minimum absolute atomic E-state index is 0.0221. The van der Waals surface area contributed by atoms with Crippen molar-refractivity contribution in [3.05, 3.63) is 42.4 Å². The molecule has 1 aromatic heterocycles. The number of nitrogens with zero attached hydrogens (tertiary/aromatic N) is 2. The Morgan fingerprint density at radius 1 is 1.19 bits per heavy atom. The summed E-state index contributed by atoms with van der Waals surface area (Å²) in [7, 11) is 0. The van der Waals surface area contributed by atoms with Gasteiger partial charge in [-0.25, -0.2) is 4.98 Å². The number of aromatic nitrogens is 1. The smallest absolute Gasteiger partial charge is 0.251 e. The first-order valence-electron chi connectivity index (χ1n) is 11.8. The molecule has 0 spiro atoms. The number of carbonyl (C=O) groups is 1. The van der Waals surface area contributed by atoms with E-state index in [0.29, 0.717) is 23.2 Å². The van der Waals surface area contributed by atoms with Crippen LogP contribution in [0.4, 0.5) is 0 Å². The van der Waals surface area contributed by atoms with E-state index in [-0.39, 0.29) is 11.9 Å². The van der Waals surface area contributed by atoms with Crippen molar-refractivity contribution in [2.45, 2.75) is 51.5 Å². The first-order chi connectivity index (χ1) is 15.2. The van der Waals surface area contributed by atoms with E-state index in [1.165, 1.54) is 45.0 Å². The highest BCUT2D eigenvalue weighted by Crippen LogP contribution is 2.28. The van der Waals surface area contributed by atoms with E-state index >= 15 is 0 Å². The third kappa shape index (κ3) is 5.95. The number of amides is 1. The molecule has 0 bridgehead atoms. The van der Waals surface area contributed by atoms with Crippen molar-refractivity contribution < 1.29 is 13.9 Å². The van der Waals surface area contributed by atoms with Gasteiger partial charge in [0.25, 0.3) is 5.91 Å². The van der Waals surface area contributed by atoms with Gasteiger partial charge < -0.3 is 19.4 Å². The maximum Gasteiger partial charge on any atom is 0.251 e. The molecule has 2 heterocycles. The Morgan fingerprint density at radius 3 is 2.81 bits per heavy atom. The van der Waals surface area contributed by atoms with Crippen LogP contribution in [-0.4, -0.2) is 54.7 Å². The molecule has 168 valence electrons. The maximum atomic E-state index is 12.9. The lowest BCUT2D eigenvalue weighted by Crippen LogP contribution is -2.48. The van der Waals surface area contributed by atoms with Crippen molar-refractivity contribution in [1.29, 1.82) is 0 Å². The molecule has 1 aliphatic carbocycles. The zero-order valence-corrected chi connectivity index (χ0v) is 18.6. The average molecular weight is 426 g/mol. The summed E-state index contributed by atoms with van der Waals surface area (Å²) in [5.41, 5.74) is 1.62. The zero-order valence-electron chi connectivity index (χ0n) is 18.6. The second-order valence-corrected chi connectivity index (χ2v) is 8.99. The minimum atomic E-state index is 0.0221. The van der Waals surface area contributed by atoms with E-state index < -0.39 is 0 Å². The van der Waals surface area contributed by atoms with Crippen molar-refractivity contribution in [2.24, 2.45) is 11.8 Å². The van der Waals surface area contributed by atoms with Crippen LogP contribution in [0.25, 0.3) is 11.3 Å². The van der Waals surface area contributed by atoms with Gasteiger partial charge >= 0.3 is 0 Å². The summed E-state index contributed by atoms with van der Waals surface area (Å²) in [6.07, 6.45) is 10.3. The van der Waals surface area contributed by atoms with Crippen LogP contribution < -0.4 is 5.32 Å². The molecular weight excluding hydrogens is 390 g/mol. The molecule has 2 aliphatic rings. The Kier molecular flexibility index (Phi) is 7.76. The maximum absolute atomic E-state index is 12.9. The molecule has 0 radical (unpaired) electrons. The molecule has 31 heavy (non-hydrogen) atoms. The molecular formula is C25H35N3O3. The normalized spacial score (nSPS) is 24.7. The fourth-order valence-corrected chi connectivity index (χ4v) is 5.08. The van der Waals surface area contributed by atoms with Crippen LogP contribution in [0, 0.1) is 11.8 Å². The largest absolute Gasteiger partial charge is 0.444 e. The van der Waals surface area contributed by atoms with Crippen LogP contribution in [0.5, 0.6) is 0 Å². The summed E-state index contributed by atoms with van der Waals surface area (Å²) in [6, 6.07) is 7.82. The molecule has 1 saturated heterocycles. The number of hydrogen-bond acceptors (Lipinski definition) is 5. The summed E-state index contributed by atoms with van der Waals surface area (Å²) in [6.45, 7) is 7.12. The van der Waals surface area contributed by atoms with Gasteiger partial charge in [-0.05, 0) is 63.1 Å². The topological polar surface area (TPSA) is 67.6 Å². The fourth-order valence-electron chi connectivity index (χ4n) is 5.08. The average Bonchev–Trinajstić information content (AvgIpc) is 3.34. The number of piperidine rings is 1. The lowest BCUT2D eigenvalue weighted by atomic mass is 9.83. The number of hydrogen-bond donors (Lipinski definition) is 1. The Balaban J connectivity index is 1.33. The third-order valence-corrected chi connectivity index (χ3v) is 6.74. The van der Waals surface area contributed by atoms with Crippen molar-refractivity contribution >= 4 is 5.91 Å². The molecule has 1 saturated carbocycles. The number of oxazole rings is 1. The Bertz CT molecular complexity index is 806. The summed E-state index contributed by atoms with van der Waals surface area (Å²) in [5, 5.41) is 3.35. The van der Waals surface area contributed by atoms with Gasteiger partial charge in [0.05, 0.1) is 12.8 Å². The summed E-state index contributed by atoms with van der Waals surface area (Å²) < 4.78 is 11.0. The number of benzene rings is 1. The van der Waals surface area contributed by atoms with Crippen LogP contribution in [0.1, 0.15) is 55.8 Å². The van der Waals surface area contributed by atoms with Gasteiger partial charge in [0.15, 0.2) is 12.2 Å². The highest BCUT2D eigenvalue weighted by Gasteiger charge is 2.30. The van der Waals surface area contributed by atoms with E-state index in [1.807, 2.05) is 24.3 Å². The van der Waals surface area contributed by atoms with Gasteiger partial charge in [0.2, 0.25) is 0 Å². The molecule has 4 rings (SSSR count). The van der Waals surface area contributed by atoms with E-state index in [1.54, 1.807) is 6.20 Å². The molecule has 3 unspecified atom stereocenters. The highest BCUT2D eigenvalue weighted by atomic mass is 16.5. The first-order valence-corrected chi connectivity index (χ1v) is 11.8. The molecule has 3 atom stereocenters. The highest BCUT2D eigenvalue weighted by molar-refractivity contribution is 5.94. The van der Waals surface area contributed by atoms with E-state index in [9.17, 15) is 4.79 Å². The second kappa shape index (κ2) is 10.9.